The summed E-state index contributed by atoms with van der Waals surface area (Å²) in [5, 5.41) is 0. The Morgan fingerprint density at radius 3 is 2.29 bits per heavy atom. The van der Waals surface area contributed by atoms with Gasteiger partial charge >= 0.3 is 0 Å². The first kappa shape index (κ1) is 22.7. The van der Waals surface area contributed by atoms with Crippen molar-refractivity contribution in [3.63, 3.8) is 0 Å². The summed E-state index contributed by atoms with van der Waals surface area (Å²) in [7, 11) is 0. The second kappa shape index (κ2) is 10.4. The van der Waals surface area contributed by atoms with Crippen molar-refractivity contribution in [1.29, 1.82) is 0 Å². The Hall–Kier alpha value is -3.11. The smallest absolute Gasteiger partial charge is 0.260 e. The Balaban J connectivity index is 1.32. The SMILES string of the molecule is CCc1ccc([C@@H]2CN(Cc3ccccc3)[C@H]3CCN(C(=O)COc4ccccc4)C[C@@H]23)cc1. The van der Waals surface area contributed by atoms with Crippen molar-refractivity contribution >= 4 is 5.91 Å². The van der Waals surface area contributed by atoms with Gasteiger partial charge in [0.15, 0.2) is 6.61 Å². The maximum atomic E-state index is 13.0. The molecule has 3 aromatic rings. The predicted molar refractivity (Wildman–Crippen MR) is 136 cm³/mol. The van der Waals surface area contributed by atoms with E-state index in [-0.39, 0.29) is 12.5 Å². The zero-order valence-corrected chi connectivity index (χ0v) is 20.0. The molecule has 0 spiro atoms. The molecule has 3 aromatic carbocycles. The lowest BCUT2D eigenvalue weighted by atomic mass is 9.81. The van der Waals surface area contributed by atoms with Gasteiger partial charge in [-0.15, -0.1) is 0 Å². The molecule has 0 aromatic heterocycles. The van der Waals surface area contributed by atoms with Gasteiger partial charge in [0.1, 0.15) is 5.75 Å². The number of hydrogen-bond acceptors (Lipinski definition) is 3. The molecule has 0 bridgehead atoms. The molecule has 5 rings (SSSR count). The van der Waals surface area contributed by atoms with Crippen LogP contribution in [0.15, 0.2) is 84.9 Å². The number of carbonyl (C=O) groups is 1. The Bertz CT molecular complexity index is 1070. The summed E-state index contributed by atoms with van der Waals surface area (Å²) in [6, 6.07) is 30.0. The largest absolute Gasteiger partial charge is 0.484 e. The average Bonchev–Trinajstić information content (AvgIpc) is 3.26. The molecule has 2 saturated heterocycles. The quantitative estimate of drug-likeness (QED) is 0.495. The third kappa shape index (κ3) is 5.02. The highest BCUT2D eigenvalue weighted by Gasteiger charge is 2.45. The summed E-state index contributed by atoms with van der Waals surface area (Å²) in [5.41, 5.74) is 4.13. The van der Waals surface area contributed by atoms with Gasteiger partial charge in [0.05, 0.1) is 0 Å². The van der Waals surface area contributed by atoms with Crippen molar-refractivity contribution in [3.05, 3.63) is 102 Å². The van der Waals surface area contributed by atoms with Gasteiger partial charge in [-0.05, 0) is 41.7 Å². The molecule has 3 atom stereocenters. The summed E-state index contributed by atoms with van der Waals surface area (Å²) in [6.45, 7) is 5.91. The van der Waals surface area contributed by atoms with Crippen LogP contribution < -0.4 is 4.74 Å². The first-order valence-corrected chi connectivity index (χ1v) is 12.5. The van der Waals surface area contributed by atoms with Gasteiger partial charge in [0.2, 0.25) is 0 Å². The van der Waals surface area contributed by atoms with E-state index >= 15 is 0 Å². The number of fused-ring (bicyclic) bond motifs is 1. The Labute approximate surface area is 203 Å². The molecule has 176 valence electrons. The lowest BCUT2D eigenvalue weighted by Crippen LogP contribution is -2.49. The summed E-state index contributed by atoms with van der Waals surface area (Å²) in [6.07, 6.45) is 2.07. The number of nitrogens with zero attached hydrogens (tertiary/aromatic N) is 2. The normalized spacial score (nSPS) is 22.4. The fraction of sp³-hybridized carbons (Fsp3) is 0.367. The molecule has 0 unspecified atom stereocenters. The first-order chi connectivity index (χ1) is 16.7. The molecule has 2 aliphatic rings. The molecule has 1 amide bonds. The van der Waals surface area contributed by atoms with Gasteiger partial charge < -0.3 is 9.64 Å². The van der Waals surface area contributed by atoms with Gasteiger partial charge in [-0.1, -0.05) is 79.7 Å². The van der Waals surface area contributed by atoms with Gasteiger partial charge in [0.25, 0.3) is 5.91 Å². The van der Waals surface area contributed by atoms with Gasteiger partial charge in [0, 0.05) is 44.1 Å². The first-order valence-electron chi connectivity index (χ1n) is 12.5. The van der Waals surface area contributed by atoms with E-state index in [2.05, 4.69) is 66.4 Å². The van der Waals surface area contributed by atoms with Gasteiger partial charge in [-0.3, -0.25) is 9.69 Å². The van der Waals surface area contributed by atoms with E-state index in [1.165, 1.54) is 16.7 Å². The minimum Gasteiger partial charge on any atom is -0.484 e. The topological polar surface area (TPSA) is 32.8 Å². The number of rotatable bonds is 7. The van der Waals surface area contributed by atoms with Gasteiger partial charge in [-0.25, -0.2) is 0 Å². The highest BCUT2D eigenvalue weighted by atomic mass is 16.5. The van der Waals surface area contributed by atoms with Crippen LogP contribution in [0.4, 0.5) is 0 Å². The number of piperidine rings is 1. The number of carbonyl (C=O) groups excluding carboxylic acids is 1. The maximum absolute atomic E-state index is 13.0. The summed E-state index contributed by atoms with van der Waals surface area (Å²) < 4.78 is 5.77. The van der Waals surface area contributed by atoms with Crippen LogP contribution in [0.5, 0.6) is 5.75 Å². The van der Waals surface area contributed by atoms with E-state index in [0.29, 0.717) is 17.9 Å². The molecule has 2 aliphatic heterocycles. The molecule has 0 saturated carbocycles. The van der Waals surface area contributed by atoms with Crippen LogP contribution >= 0.6 is 0 Å². The lowest BCUT2D eigenvalue weighted by molar-refractivity contribution is -0.135. The molecule has 0 aliphatic carbocycles. The van der Waals surface area contributed by atoms with Crippen LogP contribution in [-0.4, -0.2) is 48.0 Å². The molecular weight excluding hydrogens is 420 g/mol. The Morgan fingerprint density at radius 1 is 0.882 bits per heavy atom. The number of benzene rings is 3. The second-order valence-electron chi connectivity index (χ2n) is 9.58. The molecule has 0 radical (unpaired) electrons. The molecule has 0 N–H and O–H groups in total. The number of hydrogen-bond donors (Lipinski definition) is 0. The number of ether oxygens (including phenoxy) is 1. The van der Waals surface area contributed by atoms with Gasteiger partial charge in [-0.2, -0.15) is 0 Å². The molecule has 2 fully saturated rings. The molecule has 34 heavy (non-hydrogen) atoms. The number of para-hydroxylation sites is 1. The standard InChI is InChI=1S/C30H34N2O2/c1-2-23-13-15-25(16-14-23)27-20-32(19-24-9-5-3-6-10-24)29-17-18-31(21-28(27)29)30(33)22-34-26-11-7-4-8-12-26/h3-16,27-29H,2,17-22H2,1H3/t27-,28-,29-/m0/s1. The third-order valence-electron chi connectivity index (χ3n) is 7.54. The highest BCUT2D eigenvalue weighted by molar-refractivity contribution is 5.78. The Kier molecular flexibility index (Phi) is 6.96. The number of amides is 1. The highest BCUT2D eigenvalue weighted by Crippen LogP contribution is 2.42. The van der Waals surface area contributed by atoms with E-state index < -0.39 is 0 Å². The zero-order valence-electron chi connectivity index (χ0n) is 20.0. The number of aryl methyl sites for hydroxylation is 1. The second-order valence-corrected chi connectivity index (χ2v) is 9.58. The minimum absolute atomic E-state index is 0.0869. The van der Waals surface area contributed by atoms with Crippen LogP contribution in [-0.2, 0) is 17.8 Å². The Morgan fingerprint density at radius 2 is 1.59 bits per heavy atom. The third-order valence-corrected chi connectivity index (χ3v) is 7.54. The zero-order chi connectivity index (χ0) is 23.3. The predicted octanol–water partition coefficient (Wildman–Crippen LogP) is 5.14. The molecule has 4 nitrogen and oxygen atoms in total. The molecule has 4 heteroatoms. The van der Waals surface area contributed by atoms with Crippen LogP contribution in [0.25, 0.3) is 0 Å². The molecule has 2 heterocycles. The minimum atomic E-state index is 0.0869. The van der Waals surface area contributed by atoms with E-state index in [9.17, 15) is 4.79 Å². The fourth-order valence-corrected chi connectivity index (χ4v) is 5.67. The van der Waals surface area contributed by atoms with E-state index in [1.54, 1.807) is 0 Å². The van der Waals surface area contributed by atoms with E-state index in [1.807, 2.05) is 35.2 Å². The monoisotopic (exact) mass is 454 g/mol. The van der Waals surface area contributed by atoms with E-state index in [0.717, 1.165) is 44.8 Å². The lowest BCUT2D eigenvalue weighted by Gasteiger charge is -2.39. The fourth-order valence-electron chi connectivity index (χ4n) is 5.67. The van der Waals surface area contributed by atoms with Crippen molar-refractivity contribution < 1.29 is 9.53 Å². The van der Waals surface area contributed by atoms with Crippen LogP contribution in [0.2, 0.25) is 0 Å². The van der Waals surface area contributed by atoms with Crippen LogP contribution in [0.1, 0.15) is 36.0 Å². The van der Waals surface area contributed by atoms with Crippen molar-refractivity contribution in [2.24, 2.45) is 5.92 Å². The van der Waals surface area contributed by atoms with Crippen molar-refractivity contribution in [2.75, 3.05) is 26.2 Å². The van der Waals surface area contributed by atoms with Crippen molar-refractivity contribution in [1.82, 2.24) is 9.80 Å². The van der Waals surface area contributed by atoms with Crippen LogP contribution in [0, 0.1) is 5.92 Å². The van der Waals surface area contributed by atoms with Crippen molar-refractivity contribution in [2.45, 2.75) is 38.3 Å². The number of likely N-dealkylation sites (tertiary alicyclic amines) is 2. The van der Waals surface area contributed by atoms with E-state index in [4.69, 9.17) is 4.74 Å². The maximum Gasteiger partial charge on any atom is 0.260 e. The summed E-state index contributed by atoms with van der Waals surface area (Å²) >= 11 is 0. The van der Waals surface area contributed by atoms with Crippen LogP contribution in [0.3, 0.4) is 0 Å². The van der Waals surface area contributed by atoms with Crippen molar-refractivity contribution in [3.8, 4) is 5.75 Å². The molecular formula is C30H34N2O2. The summed E-state index contributed by atoms with van der Waals surface area (Å²) in [5.74, 6) is 1.70. The average molecular weight is 455 g/mol. The summed E-state index contributed by atoms with van der Waals surface area (Å²) in [4.78, 5) is 17.7.